The van der Waals surface area contributed by atoms with Gasteiger partial charge in [0.05, 0.1) is 18.5 Å². The van der Waals surface area contributed by atoms with Crippen molar-refractivity contribution in [1.82, 2.24) is 19.7 Å². The van der Waals surface area contributed by atoms with E-state index in [1.54, 1.807) is 18.0 Å². The summed E-state index contributed by atoms with van der Waals surface area (Å²) >= 11 is 0. The number of carbonyl (C=O) groups excluding carboxylic acids is 2. The minimum absolute atomic E-state index is 0.124. The molecule has 1 aliphatic heterocycles. The molecule has 0 radical (unpaired) electrons. The van der Waals surface area contributed by atoms with Crippen molar-refractivity contribution in [2.24, 2.45) is 5.92 Å². The molecule has 6 rings (SSSR count). The van der Waals surface area contributed by atoms with Gasteiger partial charge in [0.15, 0.2) is 0 Å². The highest BCUT2D eigenvalue weighted by atomic mass is 16.6. The Morgan fingerprint density at radius 1 is 0.978 bits per heavy atom. The number of amides is 1. The normalized spacial score (nSPS) is 13.5. The molecule has 2 aromatic heterocycles. The van der Waals surface area contributed by atoms with E-state index in [-0.39, 0.29) is 31.0 Å². The van der Waals surface area contributed by atoms with Gasteiger partial charge >= 0.3 is 12.1 Å². The number of para-hydroxylation sites is 1. The summed E-state index contributed by atoms with van der Waals surface area (Å²) in [5, 5.41) is 7.90. The number of pyridine rings is 1. The Balaban J connectivity index is 1.29. The SMILES string of the molecule is CCOC(=O)Cc1ccccc1OCc1nn(CC2CN(C(=O)OC(C)(C)C)C2)c2ccc(-c3ccc4ccnc(N)c4c3)cc12. The van der Waals surface area contributed by atoms with Crippen LogP contribution in [0, 0.1) is 5.92 Å². The van der Waals surface area contributed by atoms with Crippen LogP contribution < -0.4 is 10.5 Å². The first-order valence-electron chi connectivity index (χ1n) is 15.6. The first kappa shape index (κ1) is 30.9. The number of likely N-dealkylation sites (tertiary alicyclic amines) is 1. The van der Waals surface area contributed by atoms with Gasteiger partial charge in [0.2, 0.25) is 0 Å². The summed E-state index contributed by atoms with van der Waals surface area (Å²) in [6, 6.07) is 21.9. The Morgan fingerprint density at radius 2 is 1.72 bits per heavy atom. The third kappa shape index (κ3) is 6.75. The van der Waals surface area contributed by atoms with Crippen LogP contribution in [-0.2, 0) is 33.8 Å². The summed E-state index contributed by atoms with van der Waals surface area (Å²) in [6.45, 7) is 9.78. The van der Waals surface area contributed by atoms with Crippen LogP contribution in [0.15, 0.2) is 72.9 Å². The van der Waals surface area contributed by atoms with Crippen molar-refractivity contribution in [3.05, 3.63) is 84.2 Å². The van der Waals surface area contributed by atoms with Crippen molar-refractivity contribution in [3.63, 3.8) is 0 Å². The second-order valence-electron chi connectivity index (χ2n) is 12.6. The molecule has 0 atom stereocenters. The van der Waals surface area contributed by atoms with E-state index in [2.05, 4.69) is 35.3 Å². The van der Waals surface area contributed by atoms with Gasteiger partial charge in [-0.15, -0.1) is 0 Å². The molecule has 0 unspecified atom stereocenters. The summed E-state index contributed by atoms with van der Waals surface area (Å²) in [5.74, 6) is 1.04. The number of esters is 1. The molecule has 0 spiro atoms. The van der Waals surface area contributed by atoms with Crippen molar-refractivity contribution in [1.29, 1.82) is 0 Å². The van der Waals surface area contributed by atoms with Gasteiger partial charge in [0.25, 0.3) is 0 Å². The maximum Gasteiger partial charge on any atom is 0.410 e. The quantitative estimate of drug-likeness (QED) is 0.188. The number of ether oxygens (including phenoxy) is 3. The molecule has 46 heavy (non-hydrogen) atoms. The number of carbonyl (C=O) groups is 2. The molecule has 10 heteroatoms. The Hall–Kier alpha value is -5.12. The molecule has 0 saturated carbocycles. The highest BCUT2D eigenvalue weighted by molar-refractivity contribution is 5.95. The van der Waals surface area contributed by atoms with Gasteiger partial charge in [-0.05, 0) is 74.5 Å². The van der Waals surface area contributed by atoms with E-state index in [9.17, 15) is 9.59 Å². The highest BCUT2D eigenvalue weighted by Gasteiger charge is 2.34. The maximum absolute atomic E-state index is 12.5. The second kappa shape index (κ2) is 12.7. The average Bonchev–Trinajstić information content (AvgIpc) is 3.34. The predicted octanol–water partition coefficient (Wildman–Crippen LogP) is 6.39. The number of nitrogens with zero attached hydrogens (tertiary/aromatic N) is 4. The van der Waals surface area contributed by atoms with E-state index in [4.69, 9.17) is 25.0 Å². The Morgan fingerprint density at radius 3 is 2.48 bits per heavy atom. The fourth-order valence-corrected chi connectivity index (χ4v) is 5.75. The zero-order chi connectivity index (χ0) is 32.4. The van der Waals surface area contributed by atoms with Gasteiger partial charge in [-0.3, -0.25) is 9.48 Å². The van der Waals surface area contributed by atoms with Gasteiger partial charge in [-0.25, -0.2) is 9.78 Å². The summed E-state index contributed by atoms with van der Waals surface area (Å²) in [4.78, 5) is 30.7. The van der Waals surface area contributed by atoms with E-state index in [0.29, 0.717) is 37.8 Å². The third-order valence-electron chi connectivity index (χ3n) is 7.97. The lowest BCUT2D eigenvalue weighted by Crippen LogP contribution is -2.52. The Labute approximate surface area is 268 Å². The molecule has 2 N–H and O–H groups in total. The van der Waals surface area contributed by atoms with Crippen LogP contribution in [0.5, 0.6) is 5.75 Å². The van der Waals surface area contributed by atoms with Crippen molar-refractivity contribution >= 4 is 39.6 Å². The van der Waals surface area contributed by atoms with Gasteiger partial charge in [0, 0.05) is 48.1 Å². The predicted molar refractivity (Wildman–Crippen MR) is 177 cm³/mol. The number of hydrogen-bond acceptors (Lipinski definition) is 8. The Kier molecular flexibility index (Phi) is 8.53. The van der Waals surface area contributed by atoms with Crippen molar-refractivity contribution in [3.8, 4) is 16.9 Å². The molecule has 1 saturated heterocycles. The van der Waals surface area contributed by atoms with E-state index in [1.165, 1.54) is 0 Å². The average molecular weight is 622 g/mol. The number of benzene rings is 3. The molecule has 238 valence electrons. The number of fused-ring (bicyclic) bond motifs is 2. The number of hydrogen-bond donors (Lipinski definition) is 1. The van der Waals surface area contributed by atoms with Crippen LogP contribution in [0.3, 0.4) is 0 Å². The molecule has 3 aromatic carbocycles. The van der Waals surface area contributed by atoms with Crippen LogP contribution in [0.2, 0.25) is 0 Å². The van der Waals surface area contributed by atoms with Crippen molar-refractivity contribution in [2.75, 3.05) is 25.4 Å². The van der Waals surface area contributed by atoms with Gasteiger partial charge in [-0.2, -0.15) is 5.10 Å². The highest BCUT2D eigenvalue weighted by Crippen LogP contribution is 2.32. The molecular weight excluding hydrogens is 582 g/mol. The number of nitrogens with two attached hydrogens (primary N) is 1. The molecule has 1 fully saturated rings. The fourth-order valence-electron chi connectivity index (χ4n) is 5.75. The summed E-state index contributed by atoms with van der Waals surface area (Å²) in [7, 11) is 0. The lowest BCUT2D eigenvalue weighted by molar-refractivity contribution is -0.142. The standard InChI is InChI=1S/C36H39N5O5/c1-5-44-33(42)18-27-8-6-7-9-32(27)45-22-30-29-17-26(25-11-10-24-14-15-38-34(37)28(24)16-25)12-13-31(29)41(39-30)21-23-19-40(20-23)35(43)46-36(2,3)4/h6-17,23H,5,18-22H2,1-4H3,(H2,37,38). The minimum Gasteiger partial charge on any atom is -0.487 e. The van der Waals surface area contributed by atoms with Crippen LogP contribution in [0.1, 0.15) is 39.0 Å². The van der Waals surface area contributed by atoms with Gasteiger partial charge in [-0.1, -0.05) is 36.4 Å². The molecule has 10 nitrogen and oxygen atoms in total. The molecule has 0 bridgehead atoms. The molecule has 1 aliphatic rings. The Bertz CT molecular complexity index is 1900. The number of anilines is 1. The largest absolute Gasteiger partial charge is 0.487 e. The van der Waals surface area contributed by atoms with E-state index >= 15 is 0 Å². The van der Waals surface area contributed by atoms with Gasteiger partial charge < -0.3 is 24.8 Å². The summed E-state index contributed by atoms with van der Waals surface area (Å²) in [6.07, 6.45) is 1.55. The summed E-state index contributed by atoms with van der Waals surface area (Å²) < 4.78 is 19.0. The van der Waals surface area contributed by atoms with Crippen molar-refractivity contribution < 1.29 is 23.8 Å². The van der Waals surface area contributed by atoms with E-state index in [1.807, 2.05) is 61.9 Å². The minimum atomic E-state index is -0.533. The number of aromatic nitrogens is 3. The van der Waals surface area contributed by atoms with Crippen LogP contribution in [0.4, 0.5) is 10.6 Å². The summed E-state index contributed by atoms with van der Waals surface area (Å²) in [5.41, 5.74) is 10.2. The lowest BCUT2D eigenvalue weighted by Gasteiger charge is -2.39. The molecule has 5 aromatic rings. The first-order valence-corrected chi connectivity index (χ1v) is 15.6. The topological polar surface area (TPSA) is 122 Å². The fraction of sp³-hybridized carbons (Fsp3) is 0.333. The smallest absolute Gasteiger partial charge is 0.410 e. The molecule has 1 amide bonds. The lowest BCUT2D eigenvalue weighted by atomic mass is 9.99. The van der Waals surface area contributed by atoms with E-state index < -0.39 is 5.60 Å². The zero-order valence-corrected chi connectivity index (χ0v) is 26.7. The van der Waals surface area contributed by atoms with Crippen molar-refractivity contribution in [2.45, 2.75) is 52.9 Å². The number of nitrogen functional groups attached to an aromatic ring is 1. The van der Waals surface area contributed by atoms with E-state index in [0.717, 1.165) is 44.1 Å². The molecular formula is C36H39N5O5. The molecule has 0 aliphatic carbocycles. The zero-order valence-electron chi connectivity index (χ0n) is 26.7. The monoisotopic (exact) mass is 621 g/mol. The third-order valence-corrected chi connectivity index (χ3v) is 7.97. The molecule has 3 heterocycles. The number of rotatable bonds is 9. The maximum atomic E-state index is 12.5. The first-order chi connectivity index (χ1) is 22.1. The second-order valence-corrected chi connectivity index (χ2v) is 12.6. The van der Waals surface area contributed by atoms with Crippen LogP contribution in [-0.4, -0.2) is 57.0 Å². The van der Waals surface area contributed by atoms with Gasteiger partial charge in [0.1, 0.15) is 29.5 Å². The van der Waals surface area contributed by atoms with Crippen LogP contribution in [0.25, 0.3) is 32.8 Å². The van der Waals surface area contributed by atoms with Crippen LogP contribution >= 0.6 is 0 Å².